The number of nitrogens with zero attached hydrogens (tertiary/aromatic N) is 3. The molecule has 9 aromatic rings. The summed E-state index contributed by atoms with van der Waals surface area (Å²) in [7, 11) is 0. The van der Waals surface area contributed by atoms with E-state index < -0.39 is 0 Å². The molecule has 0 amide bonds. The first-order chi connectivity index (χ1) is 24.3. The summed E-state index contributed by atoms with van der Waals surface area (Å²) < 4.78 is 2.37. The van der Waals surface area contributed by atoms with E-state index in [2.05, 4.69) is 156 Å². The van der Waals surface area contributed by atoms with Crippen LogP contribution >= 0.6 is 0 Å². The maximum atomic E-state index is 4.99. The van der Waals surface area contributed by atoms with Gasteiger partial charge < -0.3 is 4.57 Å². The molecule has 0 N–H and O–H groups in total. The highest BCUT2D eigenvalue weighted by atomic mass is 15.0. The van der Waals surface area contributed by atoms with Crippen LogP contribution in [0.1, 0.15) is 0 Å². The second-order valence-electron chi connectivity index (χ2n) is 12.3. The van der Waals surface area contributed by atoms with Crippen molar-refractivity contribution in [2.45, 2.75) is 0 Å². The Morgan fingerprint density at radius 3 is 1.31 bits per heavy atom. The van der Waals surface area contributed by atoms with E-state index in [-0.39, 0.29) is 0 Å². The minimum absolute atomic E-state index is 0.721. The summed E-state index contributed by atoms with van der Waals surface area (Å²) in [6.07, 6.45) is 0. The lowest BCUT2D eigenvalue weighted by Gasteiger charge is -2.11. The van der Waals surface area contributed by atoms with E-state index in [0.717, 1.165) is 45.2 Å². The molecule has 230 valence electrons. The number of benzene rings is 7. The number of rotatable bonds is 6. The van der Waals surface area contributed by atoms with Crippen LogP contribution in [-0.2, 0) is 0 Å². The molecule has 0 saturated carbocycles. The Bertz CT molecular complexity index is 2460. The fraction of sp³-hybridized carbons (Fsp3) is 0. The van der Waals surface area contributed by atoms with Crippen molar-refractivity contribution in [2.24, 2.45) is 0 Å². The van der Waals surface area contributed by atoms with Crippen molar-refractivity contribution in [1.82, 2.24) is 14.5 Å². The topological polar surface area (TPSA) is 30.7 Å². The van der Waals surface area contributed by atoms with Gasteiger partial charge in [-0.3, -0.25) is 0 Å². The number of hydrogen-bond acceptors (Lipinski definition) is 2. The van der Waals surface area contributed by atoms with Crippen LogP contribution in [0.5, 0.6) is 0 Å². The number of para-hydroxylation sites is 2. The third kappa shape index (κ3) is 5.38. The van der Waals surface area contributed by atoms with Crippen molar-refractivity contribution in [1.29, 1.82) is 0 Å². The number of fused-ring (bicyclic) bond motifs is 3. The van der Waals surface area contributed by atoms with E-state index in [1.54, 1.807) is 0 Å². The third-order valence-electron chi connectivity index (χ3n) is 9.24. The summed E-state index contributed by atoms with van der Waals surface area (Å²) in [4.78, 5) is 9.92. The van der Waals surface area contributed by atoms with Gasteiger partial charge in [-0.15, -0.1) is 0 Å². The van der Waals surface area contributed by atoms with Crippen LogP contribution in [0.3, 0.4) is 0 Å². The van der Waals surface area contributed by atoms with E-state index in [4.69, 9.17) is 9.97 Å². The maximum absolute atomic E-state index is 4.99. The molecule has 7 aromatic carbocycles. The van der Waals surface area contributed by atoms with Crippen LogP contribution in [0.2, 0.25) is 0 Å². The molecule has 0 aliphatic carbocycles. The van der Waals surface area contributed by atoms with Crippen LogP contribution in [0.4, 0.5) is 0 Å². The standard InChI is InChI=1S/C46H31N3/c1-3-12-35(13-4-1)42-31-43(48-46(47-42)37-14-5-2-6-15-37)36-28-26-33(27-29-36)32-22-24-34(25-23-32)38-16-11-17-39(30-38)49-44-20-9-7-18-40(44)41-19-8-10-21-45(41)49/h1-31H. The molecule has 2 heterocycles. The summed E-state index contributed by atoms with van der Waals surface area (Å²) >= 11 is 0. The Morgan fingerprint density at radius 1 is 0.306 bits per heavy atom. The van der Waals surface area contributed by atoms with Crippen LogP contribution in [-0.4, -0.2) is 14.5 Å². The monoisotopic (exact) mass is 625 g/mol. The molecule has 0 saturated heterocycles. The van der Waals surface area contributed by atoms with Crippen molar-refractivity contribution in [2.75, 3.05) is 0 Å². The van der Waals surface area contributed by atoms with Gasteiger partial charge in [-0.25, -0.2) is 9.97 Å². The van der Waals surface area contributed by atoms with Gasteiger partial charge in [0.15, 0.2) is 5.82 Å². The summed E-state index contributed by atoms with van der Waals surface area (Å²) in [5, 5.41) is 2.54. The van der Waals surface area contributed by atoms with Crippen LogP contribution < -0.4 is 0 Å². The van der Waals surface area contributed by atoms with Gasteiger partial charge in [-0.1, -0.05) is 158 Å². The molecule has 0 bridgehead atoms. The Hall–Kier alpha value is -6.58. The number of hydrogen-bond donors (Lipinski definition) is 0. The van der Waals surface area contributed by atoms with E-state index >= 15 is 0 Å². The van der Waals surface area contributed by atoms with Crippen molar-refractivity contribution in [3.05, 3.63) is 188 Å². The highest BCUT2D eigenvalue weighted by Gasteiger charge is 2.13. The normalized spacial score (nSPS) is 11.3. The molecule has 0 radical (unpaired) electrons. The van der Waals surface area contributed by atoms with Crippen LogP contribution in [0, 0.1) is 0 Å². The summed E-state index contributed by atoms with van der Waals surface area (Å²) in [5.74, 6) is 0.721. The predicted octanol–water partition coefficient (Wildman–Crippen LogP) is 11.9. The quantitative estimate of drug-likeness (QED) is 0.184. The zero-order valence-corrected chi connectivity index (χ0v) is 26.7. The van der Waals surface area contributed by atoms with Gasteiger partial charge in [-0.05, 0) is 52.6 Å². The Kier molecular flexibility index (Phi) is 7.14. The summed E-state index contributed by atoms with van der Waals surface area (Å²) in [6, 6.07) is 66.2. The Balaban J connectivity index is 1.02. The lowest BCUT2D eigenvalue weighted by atomic mass is 9.98. The molecule has 3 nitrogen and oxygen atoms in total. The molecule has 0 unspecified atom stereocenters. The van der Waals surface area contributed by atoms with Gasteiger partial charge in [0.2, 0.25) is 0 Å². The van der Waals surface area contributed by atoms with Gasteiger partial charge in [0.25, 0.3) is 0 Å². The van der Waals surface area contributed by atoms with Crippen molar-refractivity contribution in [3.8, 4) is 61.8 Å². The molecule has 0 aliphatic heterocycles. The molecule has 3 heteroatoms. The average molecular weight is 626 g/mol. The molecular weight excluding hydrogens is 595 g/mol. The Labute approximate surface area is 285 Å². The Morgan fingerprint density at radius 2 is 0.735 bits per heavy atom. The fourth-order valence-electron chi connectivity index (χ4n) is 6.78. The lowest BCUT2D eigenvalue weighted by molar-refractivity contribution is 1.18. The van der Waals surface area contributed by atoms with Gasteiger partial charge >= 0.3 is 0 Å². The first-order valence-corrected chi connectivity index (χ1v) is 16.6. The number of aromatic nitrogens is 3. The molecule has 9 rings (SSSR count). The molecule has 0 atom stereocenters. The van der Waals surface area contributed by atoms with Crippen LogP contribution in [0.25, 0.3) is 83.6 Å². The molecule has 0 fully saturated rings. The van der Waals surface area contributed by atoms with E-state index in [1.165, 1.54) is 38.5 Å². The minimum atomic E-state index is 0.721. The fourth-order valence-corrected chi connectivity index (χ4v) is 6.78. The highest BCUT2D eigenvalue weighted by Crippen LogP contribution is 2.34. The minimum Gasteiger partial charge on any atom is -0.309 e. The largest absolute Gasteiger partial charge is 0.309 e. The average Bonchev–Trinajstić information content (AvgIpc) is 3.53. The highest BCUT2D eigenvalue weighted by molar-refractivity contribution is 6.09. The summed E-state index contributed by atoms with van der Waals surface area (Å²) in [5.41, 5.74) is 13.2. The second kappa shape index (κ2) is 12.2. The van der Waals surface area contributed by atoms with Gasteiger partial charge in [0, 0.05) is 33.2 Å². The van der Waals surface area contributed by atoms with Crippen molar-refractivity contribution in [3.63, 3.8) is 0 Å². The third-order valence-corrected chi connectivity index (χ3v) is 9.24. The molecule has 49 heavy (non-hydrogen) atoms. The van der Waals surface area contributed by atoms with Gasteiger partial charge in [-0.2, -0.15) is 0 Å². The predicted molar refractivity (Wildman–Crippen MR) is 204 cm³/mol. The van der Waals surface area contributed by atoms with E-state index in [1.807, 2.05) is 36.4 Å². The van der Waals surface area contributed by atoms with Gasteiger partial charge in [0.05, 0.1) is 22.4 Å². The smallest absolute Gasteiger partial charge is 0.160 e. The lowest BCUT2D eigenvalue weighted by Crippen LogP contribution is -1.95. The molecule has 0 spiro atoms. The SMILES string of the molecule is c1ccc(-c2cc(-c3ccc(-c4ccc(-c5cccc(-n6c7ccccc7c7ccccc76)c5)cc4)cc3)nc(-c3ccccc3)n2)cc1. The zero-order valence-electron chi connectivity index (χ0n) is 26.7. The van der Waals surface area contributed by atoms with Crippen molar-refractivity contribution >= 4 is 21.8 Å². The van der Waals surface area contributed by atoms with Crippen LogP contribution in [0.15, 0.2) is 188 Å². The first kappa shape index (κ1) is 28.6. The molecule has 0 aliphatic rings. The second-order valence-corrected chi connectivity index (χ2v) is 12.3. The first-order valence-electron chi connectivity index (χ1n) is 16.6. The van der Waals surface area contributed by atoms with Crippen molar-refractivity contribution < 1.29 is 0 Å². The van der Waals surface area contributed by atoms with E-state index in [9.17, 15) is 0 Å². The van der Waals surface area contributed by atoms with Gasteiger partial charge in [0.1, 0.15) is 0 Å². The summed E-state index contributed by atoms with van der Waals surface area (Å²) in [6.45, 7) is 0. The zero-order chi connectivity index (χ0) is 32.6. The van der Waals surface area contributed by atoms with E-state index in [0.29, 0.717) is 0 Å². The maximum Gasteiger partial charge on any atom is 0.160 e. The molecular formula is C46H31N3. The molecule has 2 aromatic heterocycles.